The van der Waals surface area contributed by atoms with E-state index in [1.54, 1.807) is 12.1 Å². The lowest BCUT2D eigenvalue weighted by atomic mass is 9.99. The highest BCUT2D eigenvalue weighted by Crippen LogP contribution is 2.19. The number of methoxy groups -OCH3 is 1. The number of ether oxygens (including phenoxy) is 2. The van der Waals surface area contributed by atoms with E-state index in [2.05, 4.69) is 11.7 Å². The van der Waals surface area contributed by atoms with Crippen molar-refractivity contribution in [2.24, 2.45) is 0 Å². The first-order chi connectivity index (χ1) is 15.1. The Kier molecular flexibility index (Phi) is 15.6. The van der Waals surface area contributed by atoms with Crippen molar-refractivity contribution in [3.05, 3.63) is 35.9 Å². The maximum absolute atomic E-state index is 12.5. The minimum absolute atomic E-state index is 0.159. The third kappa shape index (κ3) is 13.2. The monoisotopic (exact) mass is 434 g/mol. The van der Waals surface area contributed by atoms with Gasteiger partial charge >= 0.3 is 11.9 Å². The number of carbonyl (C=O) groups is 2. The van der Waals surface area contributed by atoms with Crippen molar-refractivity contribution in [3.8, 4) is 0 Å². The van der Waals surface area contributed by atoms with Gasteiger partial charge in [-0.2, -0.15) is 0 Å². The van der Waals surface area contributed by atoms with Crippen LogP contribution in [0.25, 0.3) is 0 Å². The summed E-state index contributed by atoms with van der Waals surface area (Å²) >= 11 is 0. The molecule has 1 rings (SSSR count). The smallest absolute Gasteiger partial charge is 0.338 e. The highest BCUT2D eigenvalue weighted by Gasteiger charge is 2.23. The molecule has 2 unspecified atom stereocenters. The van der Waals surface area contributed by atoms with Gasteiger partial charge in [0.2, 0.25) is 0 Å². The summed E-state index contributed by atoms with van der Waals surface area (Å²) in [5, 5.41) is 10.7. The number of unbranched alkanes of at least 4 members (excludes halogenated alkanes) is 9. The van der Waals surface area contributed by atoms with Crippen LogP contribution in [-0.2, 0) is 14.3 Å². The largest absolute Gasteiger partial charge is 0.469 e. The van der Waals surface area contributed by atoms with Crippen LogP contribution in [0.2, 0.25) is 0 Å². The van der Waals surface area contributed by atoms with E-state index in [4.69, 9.17) is 4.74 Å². The lowest BCUT2D eigenvalue weighted by molar-refractivity contribution is -0.140. The predicted molar refractivity (Wildman–Crippen MR) is 124 cm³/mol. The molecule has 0 aliphatic heterocycles. The predicted octanol–water partition coefficient (Wildman–Crippen LogP) is 6.23. The quantitative estimate of drug-likeness (QED) is 0.219. The fraction of sp³-hybridized carbons (Fsp3) is 0.692. The third-order valence-corrected chi connectivity index (χ3v) is 5.65. The number of esters is 2. The van der Waals surface area contributed by atoms with Gasteiger partial charge in [-0.25, -0.2) is 4.79 Å². The molecule has 5 nitrogen and oxygen atoms in total. The van der Waals surface area contributed by atoms with Crippen LogP contribution in [0.5, 0.6) is 0 Å². The van der Waals surface area contributed by atoms with Crippen LogP contribution in [-0.4, -0.2) is 36.4 Å². The van der Waals surface area contributed by atoms with Crippen LogP contribution < -0.4 is 0 Å². The van der Waals surface area contributed by atoms with Crippen LogP contribution in [0.3, 0.4) is 0 Å². The third-order valence-electron chi connectivity index (χ3n) is 5.65. The second-order valence-corrected chi connectivity index (χ2v) is 8.32. The summed E-state index contributed by atoms with van der Waals surface area (Å²) in [4.78, 5) is 23.6. The minimum atomic E-state index is -0.640. The molecule has 1 N–H and O–H groups in total. The molecule has 31 heavy (non-hydrogen) atoms. The van der Waals surface area contributed by atoms with Crippen molar-refractivity contribution in [3.63, 3.8) is 0 Å². The zero-order valence-corrected chi connectivity index (χ0v) is 19.5. The first-order valence-electron chi connectivity index (χ1n) is 12.1. The summed E-state index contributed by atoms with van der Waals surface area (Å²) in [6.07, 6.45) is 12.4. The van der Waals surface area contributed by atoms with Crippen LogP contribution >= 0.6 is 0 Å². The molecule has 0 spiro atoms. The number of hydrogen-bond acceptors (Lipinski definition) is 5. The Morgan fingerprint density at radius 3 is 2.06 bits per heavy atom. The number of hydrogen-bond donors (Lipinski definition) is 1. The molecule has 0 aromatic heterocycles. The normalized spacial score (nSPS) is 12.9. The van der Waals surface area contributed by atoms with Gasteiger partial charge in [0.25, 0.3) is 0 Å². The first kappa shape index (κ1) is 27.2. The minimum Gasteiger partial charge on any atom is -0.469 e. The van der Waals surface area contributed by atoms with Crippen molar-refractivity contribution >= 4 is 11.9 Å². The summed E-state index contributed by atoms with van der Waals surface area (Å²) in [5.74, 6) is -0.522. The van der Waals surface area contributed by atoms with Gasteiger partial charge in [0.15, 0.2) is 0 Å². The Labute approximate surface area is 188 Å². The highest BCUT2D eigenvalue weighted by atomic mass is 16.6. The SMILES string of the molecule is CCCCCCCCC(OC(=O)c1ccccc1)C(O)CCCCCCCC(=O)OC. The van der Waals surface area contributed by atoms with Crippen molar-refractivity contribution < 1.29 is 24.2 Å². The van der Waals surface area contributed by atoms with Gasteiger partial charge in [-0.05, 0) is 37.8 Å². The molecule has 0 aliphatic rings. The molecule has 176 valence electrons. The summed E-state index contributed by atoms with van der Waals surface area (Å²) in [6, 6.07) is 8.98. The molecule has 0 bridgehead atoms. The van der Waals surface area contributed by atoms with Gasteiger partial charge in [-0.15, -0.1) is 0 Å². The number of aliphatic hydroxyl groups is 1. The van der Waals surface area contributed by atoms with Crippen molar-refractivity contribution in [2.75, 3.05) is 7.11 Å². The maximum atomic E-state index is 12.5. The van der Waals surface area contributed by atoms with E-state index >= 15 is 0 Å². The van der Waals surface area contributed by atoms with Crippen molar-refractivity contribution in [1.29, 1.82) is 0 Å². The number of carbonyl (C=O) groups excluding carboxylic acids is 2. The van der Waals surface area contributed by atoms with E-state index < -0.39 is 12.2 Å². The Bertz CT molecular complexity index is 587. The van der Waals surface area contributed by atoms with Crippen LogP contribution in [0.4, 0.5) is 0 Å². The number of aliphatic hydroxyl groups excluding tert-OH is 1. The van der Waals surface area contributed by atoms with E-state index in [0.29, 0.717) is 24.8 Å². The van der Waals surface area contributed by atoms with Crippen LogP contribution in [0.15, 0.2) is 30.3 Å². The van der Waals surface area contributed by atoms with Crippen LogP contribution in [0, 0.1) is 0 Å². The molecule has 1 aromatic rings. The van der Waals surface area contributed by atoms with E-state index in [1.807, 2.05) is 18.2 Å². The molecular weight excluding hydrogens is 392 g/mol. The van der Waals surface area contributed by atoms with Crippen LogP contribution in [0.1, 0.15) is 107 Å². The van der Waals surface area contributed by atoms with Gasteiger partial charge < -0.3 is 14.6 Å². The summed E-state index contributed by atoms with van der Waals surface area (Å²) in [7, 11) is 1.41. The molecule has 0 radical (unpaired) electrons. The first-order valence-corrected chi connectivity index (χ1v) is 12.1. The van der Waals surface area contributed by atoms with Gasteiger partial charge in [0.05, 0.1) is 18.8 Å². The van der Waals surface area contributed by atoms with Gasteiger partial charge in [0.1, 0.15) is 6.10 Å². The topological polar surface area (TPSA) is 72.8 Å². The average Bonchev–Trinajstić information content (AvgIpc) is 2.79. The molecule has 0 saturated heterocycles. The lowest BCUT2D eigenvalue weighted by Gasteiger charge is -2.23. The fourth-order valence-corrected chi connectivity index (χ4v) is 3.68. The van der Waals surface area contributed by atoms with E-state index in [0.717, 1.165) is 44.9 Å². The van der Waals surface area contributed by atoms with Crippen molar-refractivity contribution in [2.45, 2.75) is 109 Å². The standard InChI is InChI=1S/C26H42O5/c1-3-4-5-6-9-15-20-24(31-26(29)22-17-12-11-13-18-22)23(27)19-14-8-7-10-16-21-25(28)30-2/h11-13,17-18,23-24,27H,3-10,14-16,19-21H2,1-2H3. The van der Waals surface area contributed by atoms with E-state index in [1.165, 1.54) is 32.8 Å². The summed E-state index contributed by atoms with van der Waals surface area (Å²) in [5.41, 5.74) is 0.522. The molecule has 0 saturated carbocycles. The molecule has 5 heteroatoms. The molecule has 0 heterocycles. The molecule has 0 aliphatic carbocycles. The van der Waals surface area contributed by atoms with Gasteiger partial charge in [0, 0.05) is 6.42 Å². The molecule has 0 fully saturated rings. The van der Waals surface area contributed by atoms with Crippen molar-refractivity contribution in [1.82, 2.24) is 0 Å². The Morgan fingerprint density at radius 1 is 0.839 bits per heavy atom. The molecule has 2 atom stereocenters. The highest BCUT2D eigenvalue weighted by molar-refractivity contribution is 5.89. The summed E-state index contributed by atoms with van der Waals surface area (Å²) in [6.45, 7) is 2.20. The average molecular weight is 435 g/mol. The second-order valence-electron chi connectivity index (χ2n) is 8.32. The molecular formula is C26H42O5. The molecule has 1 aromatic carbocycles. The zero-order valence-electron chi connectivity index (χ0n) is 19.5. The maximum Gasteiger partial charge on any atom is 0.338 e. The second kappa shape index (κ2) is 17.8. The Morgan fingerprint density at radius 2 is 1.42 bits per heavy atom. The molecule has 0 amide bonds. The lowest BCUT2D eigenvalue weighted by Crippen LogP contribution is -2.31. The van der Waals surface area contributed by atoms with Gasteiger partial charge in [-0.3, -0.25) is 4.79 Å². The fourth-order valence-electron chi connectivity index (χ4n) is 3.68. The number of rotatable bonds is 18. The van der Waals surface area contributed by atoms with E-state index in [-0.39, 0.29) is 11.9 Å². The summed E-state index contributed by atoms with van der Waals surface area (Å²) < 4.78 is 10.4. The van der Waals surface area contributed by atoms with E-state index in [9.17, 15) is 14.7 Å². The zero-order chi connectivity index (χ0) is 22.7. The number of benzene rings is 1. The Hall–Kier alpha value is -1.88. The van der Waals surface area contributed by atoms with Gasteiger partial charge in [-0.1, -0.05) is 82.9 Å². The Balaban J connectivity index is 2.40.